The van der Waals surface area contributed by atoms with Crippen molar-refractivity contribution in [3.63, 3.8) is 0 Å². The second-order valence-electron chi connectivity index (χ2n) is 5.18. The van der Waals surface area contributed by atoms with Crippen molar-refractivity contribution in [1.82, 2.24) is 14.9 Å². The van der Waals surface area contributed by atoms with E-state index in [1.807, 2.05) is 0 Å². The fourth-order valence-corrected chi connectivity index (χ4v) is 4.61. The van der Waals surface area contributed by atoms with Gasteiger partial charge >= 0.3 is 6.18 Å². The number of sulfone groups is 1. The maximum atomic E-state index is 13.1. The van der Waals surface area contributed by atoms with Gasteiger partial charge in [0.25, 0.3) is 0 Å². The van der Waals surface area contributed by atoms with Crippen LogP contribution in [0.2, 0.25) is 0 Å². The van der Waals surface area contributed by atoms with E-state index in [0.29, 0.717) is 30.9 Å². The number of rotatable bonds is 1. The van der Waals surface area contributed by atoms with E-state index in [9.17, 15) is 21.6 Å². The van der Waals surface area contributed by atoms with Crippen LogP contribution in [0.5, 0.6) is 0 Å². The highest BCUT2D eigenvalue weighted by atomic mass is 32.2. The monoisotopic (exact) mass is 309 g/mol. The number of nitrogens with one attached hydrogen (secondary N) is 1. The van der Waals surface area contributed by atoms with Crippen molar-refractivity contribution in [2.24, 2.45) is 0 Å². The summed E-state index contributed by atoms with van der Waals surface area (Å²) in [6, 6.07) is -0.647. The van der Waals surface area contributed by atoms with Gasteiger partial charge in [0, 0.05) is 25.2 Å². The maximum Gasteiger partial charge on any atom is 0.449 e. The first-order valence-electron chi connectivity index (χ1n) is 6.36. The smallest absolute Gasteiger partial charge is 0.320 e. The van der Waals surface area contributed by atoms with Gasteiger partial charge in [-0.1, -0.05) is 0 Å². The van der Waals surface area contributed by atoms with E-state index in [1.54, 1.807) is 0 Å². The molecule has 112 valence electrons. The molecule has 1 fully saturated rings. The normalized spacial score (nSPS) is 25.6. The van der Waals surface area contributed by atoms with Gasteiger partial charge in [0.1, 0.15) is 0 Å². The van der Waals surface area contributed by atoms with Crippen LogP contribution in [0.1, 0.15) is 29.7 Å². The molecule has 5 nitrogen and oxygen atoms in total. The van der Waals surface area contributed by atoms with Gasteiger partial charge in [-0.25, -0.2) is 13.4 Å². The van der Waals surface area contributed by atoms with E-state index in [4.69, 9.17) is 0 Å². The topological polar surface area (TPSA) is 64.0 Å². The van der Waals surface area contributed by atoms with Crippen LogP contribution in [0, 0.1) is 0 Å². The third-order valence-electron chi connectivity index (χ3n) is 3.75. The highest BCUT2D eigenvalue weighted by Crippen LogP contribution is 2.36. The second-order valence-corrected chi connectivity index (χ2v) is 7.41. The fraction of sp³-hybridized carbons (Fsp3) is 0.727. The van der Waals surface area contributed by atoms with Crippen LogP contribution < -0.4 is 5.32 Å². The van der Waals surface area contributed by atoms with Crippen molar-refractivity contribution < 1.29 is 21.6 Å². The molecule has 3 heterocycles. The lowest BCUT2D eigenvalue weighted by Crippen LogP contribution is -2.27. The molecule has 0 bridgehead atoms. The molecule has 0 spiro atoms. The van der Waals surface area contributed by atoms with Gasteiger partial charge in [-0.2, -0.15) is 13.2 Å². The Hall–Kier alpha value is -1.09. The summed E-state index contributed by atoms with van der Waals surface area (Å²) in [4.78, 5) is 3.69. The zero-order valence-corrected chi connectivity index (χ0v) is 11.4. The van der Waals surface area contributed by atoms with Crippen LogP contribution in [0.15, 0.2) is 0 Å². The van der Waals surface area contributed by atoms with Crippen molar-refractivity contribution in [2.45, 2.75) is 31.6 Å². The van der Waals surface area contributed by atoms with Crippen molar-refractivity contribution in [3.8, 4) is 0 Å². The molecule has 2 aliphatic heterocycles. The molecule has 0 amide bonds. The number of nitrogens with zero attached hydrogens (tertiary/aromatic N) is 2. The van der Waals surface area contributed by atoms with E-state index in [-0.39, 0.29) is 17.9 Å². The Morgan fingerprint density at radius 2 is 2.10 bits per heavy atom. The van der Waals surface area contributed by atoms with Gasteiger partial charge in [0.05, 0.1) is 23.2 Å². The Balaban J connectivity index is 2.10. The highest BCUT2D eigenvalue weighted by molar-refractivity contribution is 7.91. The van der Waals surface area contributed by atoms with Crippen LogP contribution in [0.25, 0.3) is 0 Å². The molecule has 1 N–H and O–H groups in total. The molecule has 0 aliphatic carbocycles. The summed E-state index contributed by atoms with van der Waals surface area (Å²) in [5.41, 5.74) is 0.908. The maximum absolute atomic E-state index is 13.1. The summed E-state index contributed by atoms with van der Waals surface area (Å²) in [5.74, 6) is -1.25. The molecule has 1 unspecified atom stereocenters. The summed E-state index contributed by atoms with van der Waals surface area (Å²) in [6.07, 6.45) is -3.90. The third-order valence-corrected chi connectivity index (χ3v) is 5.50. The minimum absolute atomic E-state index is 0.0554. The van der Waals surface area contributed by atoms with Crippen LogP contribution in [-0.2, 0) is 29.0 Å². The quantitative estimate of drug-likeness (QED) is 0.837. The second kappa shape index (κ2) is 4.45. The molecule has 9 heteroatoms. The number of hydrogen-bond acceptors (Lipinski definition) is 4. The molecule has 1 atom stereocenters. The predicted molar refractivity (Wildman–Crippen MR) is 64.9 cm³/mol. The Labute approximate surface area is 114 Å². The van der Waals surface area contributed by atoms with Gasteiger partial charge in [-0.05, 0) is 6.42 Å². The van der Waals surface area contributed by atoms with Gasteiger partial charge in [-0.15, -0.1) is 0 Å². The molecule has 0 radical (unpaired) electrons. The lowest BCUT2D eigenvalue weighted by atomic mass is 10.1. The lowest BCUT2D eigenvalue weighted by molar-refractivity contribution is -0.147. The number of hydrogen-bond donors (Lipinski definition) is 1. The van der Waals surface area contributed by atoms with Crippen LogP contribution in [0.3, 0.4) is 0 Å². The third kappa shape index (κ3) is 2.32. The molecule has 1 aromatic heterocycles. The highest BCUT2D eigenvalue weighted by Gasteiger charge is 2.43. The average molecular weight is 309 g/mol. The van der Waals surface area contributed by atoms with Crippen molar-refractivity contribution in [3.05, 3.63) is 17.2 Å². The SMILES string of the molecule is O=S1(=O)CCC(n2c(C(F)(F)F)nc3c2CCNC3)C1. The molecular formula is C11H14F3N3O2S. The lowest BCUT2D eigenvalue weighted by Gasteiger charge is -2.21. The molecule has 20 heavy (non-hydrogen) atoms. The summed E-state index contributed by atoms with van der Waals surface area (Å²) >= 11 is 0. The Kier molecular flexibility index (Phi) is 3.09. The Morgan fingerprint density at radius 1 is 1.35 bits per heavy atom. The molecule has 0 aromatic carbocycles. The van der Waals surface area contributed by atoms with E-state index in [2.05, 4.69) is 10.3 Å². The van der Waals surface area contributed by atoms with E-state index >= 15 is 0 Å². The number of fused-ring (bicyclic) bond motifs is 1. The van der Waals surface area contributed by atoms with Crippen molar-refractivity contribution >= 4 is 9.84 Å². The Morgan fingerprint density at radius 3 is 2.70 bits per heavy atom. The van der Waals surface area contributed by atoms with Crippen molar-refractivity contribution in [1.29, 1.82) is 0 Å². The van der Waals surface area contributed by atoms with Crippen molar-refractivity contribution in [2.75, 3.05) is 18.1 Å². The summed E-state index contributed by atoms with van der Waals surface area (Å²) < 4.78 is 63.6. The van der Waals surface area contributed by atoms with Gasteiger partial charge in [-0.3, -0.25) is 0 Å². The van der Waals surface area contributed by atoms with E-state index in [0.717, 1.165) is 4.57 Å². The van der Waals surface area contributed by atoms with E-state index < -0.39 is 27.9 Å². The first-order valence-corrected chi connectivity index (χ1v) is 8.18. The van der Waals surface area contributed by atoms with E-state index in [1.165, 1.54) is 0 Å². The number of imidazole rings is 1. The molecule has 1 saturated heterocycles. The zero-order valence-electron chi connectivity index (χ0n) is 10.6. The molecular weight excluding hydrogens is 295 g/mol. The molecule has 1 aromatic rings. The largest absolute Gasteiger partial charge is 0.449 e. The molecule has 3 rings (SSSR count). The number of halogens is 3. The van der Waals surface area contributed by atoms with Crippen LogP contribution in [0.4, 0.5) is 13.2 Å². The first-order chi connectivity index (χ1) is 9.28. The summed E-state index contributed by atoms with van der Waals surface area (Å²) in [5, 5.41) is 2.98. The predicted octanol–water partition coefficient (Wildman–Crippen LogP) is 0.907. The molecule has 0 saturated carbocycles. The Bertz CT molecular complexity index is 636. The van der Waals surface area contributed by atoms with Gasteiger partial charge in [0.2, 0.25) is 5.82 Å². The standard InChI is InChI=1S/C11H14F3N3O2S/c12-11(13,14)10-16-8-5-15-3-1-9(8)17(10)7-2-4-20(18,19)6-7/h7,15H,1-6H2. The van der Waals surface area contributed by atoms with Crippen LogP contribution >= 0.6 is 0 Å². The number of aromatic nitrogens is 2. The zero-order chi connectivity index (χ0) is 14.5. The minimum Gasteiger partial charge on any atom is -0.320 e. The fourth-order valence-electron chi connectivity index (χ4n) is 2.91. The summed E-state index contributed by atoms with van der Waals surface area (Å²) in [7, 11) is -3.24. The number of alkyl halides is 3. The van der Waals surface area contributed by atoms with Gasteiger partial charge < -0.3 is 9.88 Å². The minimum atomic E-state index is -4.57. The van der Waals surface area contributed by atoms with Crippen LogP contribution in [-0.4, -0.2) is 36.0 Å². The summed E-state index contributed by atoms with van der Waals surface area (Å²) in [6.45, 7) is 0.875. The molecule has 2 aliphatic rings. The average Bonchev–Trinajstić information content (AvgIpc) is 2.88. The van der Waals surface area contributed by atoms with Gasteiger partial charge in [0.15, 0.2) is 9.84 Å². The first kappa shape index (κ1) is 13.9.